The van der Waals surface area contributed by atoms with Crippen LogP contribution in [0.15, 0.2) is 18.2 Å². The van der Waals surface area contributed by atoms with Gasteiger partial charge in [0, 0.05) is 17.9 Å². The summed E-state index contributed by atoms with van der Waals surface area (Å²) in [5.74, 6) is -0.457. The summed E-state index contributed by atoms with van der Waals surface area (Å²) in [7, 11) is 0. The van der Waals surface area contributed by atoms with Gasteiger partial charge in [0.15, 0.2) is 0 Å². The average molecular weight is 274 g/mol. The molecule has 0 atom stereocenters. The number of benzene rings is 1. The highest BCUT2D eigenvalue weighted by molar-refractivity contribution is 7.98. The molecule has 4 nitrogen and oxygen atoms in total. The number of rotatable bonds is 5. The van der Waals surface area contributed by atoms with Gasteiger partial charge >= 0.3 is 5.97 Å². The first-order valence-corrected chi connectivity index (χ1v) is 6.63. The van der Waals surface area contributed by atoms with Crippen LogP contribution in [-0.4, -0.2) is 29.0 Å². The molecule has 6 heteroatoms. The molecule has 1 amide bonds. The van der Waals surface area contributed by atoms with E-state index in [1.54, 1.807) is 11.8 Å². The normalized spacial score (nSPS) is 10.0. The van der Waals surface area contributed by atoms with Crippen LogP contribution in [0.5, 0.6) is 0 Å². The summed E-state index contributed by atoms with van der Waals surface area (Å²) in [6.45, 7) is 0. The largest absolute Gasteiger partial charge is 0.478 e. The van der Waals surface area contributed by atoms with Gasteiger partial charge in [-0.3, -0.25) is 4.79 Å². The Kier molecular flexibility index (Phi) is 5.31. The molecule has 1 aromatic carbocycles. The van der Waals surface area contributed by atoms with E-state index in [-0.39, 0.29) is 16.5 Å². The van der Waals surface area contributed by atoms with Crippen molar-refractivity contribution in [3.8, 4) is 0 Å². The Balaban J connectivity index is 2.70. The number of carboxylic acids is 1. The van der Waals surface area contributed by atoms with Gasteiger partial charge in [-0.05, 0) is 24.5 Å². The van der Waals surface area contributed by atoms with Crippen molar-refractivity contribution in [2.45, 2.75) is 6.42 Å². The third-order valence-corrected chi connectivity index (χ3v) is 2.94. The van der Waals surface area contributed by atoms with E-state index in [1.165, 1.54) is 18.2 Å². The molecule has 0 radical (unpaired) electrons. The number of amides is 1. The van der Waals surface area contributed by atoms with Gasteiger partial charge in [0.2, 0.25) is 5.91 Å². The van der Waals surface area contributed by atoms with Crippen molar-refractivity contribution in [2.24, 2.45) is 0 Å². The van der Waals surface area contributed by atoms with E-state index in [9.17, 15) is 9.59 Å². The number of thioether (sulfide) groups is 1. The Bertz CT molecular complexity index is 437. The Morgan fingerprint density at radius 2 is 2.18 bits per heavy atom. The van der Waals surface area contributed by atoms with Gasteiger partial charge in [0.1, 0.15) is 0 Å². The van der Waals surface area contributed by atoms with E-state index >= 15 is 0 Å². The maximum Gasteiger partial charge on any atom is 0.337 e. The highest BCUT2D eigenvalue weighted by Gasteiger charge is 2.09. The van der Waals surface area contributed by atoms with E-state index in [2.05, 4.69) is 5.32 Å². The van der Waals surface area contributed by atoms with Gasteiger partial charge in [-0.2, -0.15) is 11.8 Å². The fourth-order valence-corrected chi connectivity index (χ4v) is 1.84. The van der Waals surface area contributed by atoms with Crippen LogP contribution in [0.2, 0.25) is 5.02 Å². The number of aromatic carboxylic acids is 1. The molecule has 2 N–H and O–H groups in total. The molecule has 0 saturated heterocycles. The molecular formula is C11H12ClNO3S. The summed E-state index contributed by atoms with van der Waals surface area (Å²) in [4.78, 5) is 22.1. The molecule has 92 valence electrons. The summed E-state index contributed by atoms with van der Waals surface area (Å²) in [6.07, 6.45) is 2.34. The van der Waals surface area contributed by atoms with Crippen LogP contribution >= 0.6 is 23.4 Å². The molecule has 0 aliphatic carbocycles. The van der Waals surface area contributed by atoms with Crippen LogP contribution in [0.1, 0.15) is 16.8 Å². The summed E-state index contributed by atoms with van der Waals surface area (Å²) < 4.78 is 0. The summed E-state index contributed by atoms with van der Waals surface area (Å²) in [5.41, 5.74) is 0.528. The molecular weight excluding hydrogens is 262 g/mol. The van der Waals surface area contributed by atoms with Crippen molar-refractivity contribution in [2.75, 3.05) is 17.3 Å². The third kappa shape index (κ3) is 4.28. The molecule has 0 saturated carbocycles. The number of hydrogen-bond acceptors (Lipinski definition) is 3. The molecule has 0 aromatic heterocycles. The first kappa shape index (κ1) is 13.9. The molecule has 1 rings (SSSR count). The van der Waals surface area contributed by atoms with E-state index in [0.717, 1.165) is 5.75 Å². The number of hydrogen-bond donors (Lipinski definition) is 2. The fraction of sp³-hybridized carbons (Fsp3) is 0.273. The quantitative estimate of drug-likeness (QED) is 0.866. The van der Waals surface area contributed by atoms with E-state index in [0.29, 0.717) is 12.1 Å². The lowest BCUT2D eigenvalue weighted by atomic mass is 10.2. The first-order valence-electron chi connectivity index (χ1n) is 4.86. The van der Waals surface area contributed by atoms with Gasteiger partial charge in [-0.15, -0.1) is 0 Å². The molecule has 0 aliphatic heterocycles. The number of carbonyl (C=O) groups is 2. The van der Waals surface area contributed by atoms with Gasteiger partial charge in [0.05, 0.1) is 10.6 Å². The Labute approximate surface area is 108 Å². The van der Waals surface area contributed by atoms with Crippen LogP contribution in [0.4, 0.5) is 5.69 Å². The van der Waals surface area contributed by atoms with Crippen molar-refractivity contribution in [1.82, 2.24) is 0 Å². The van der Waals surface area contributed by atoms with Crippen molar-refractivity contribution in [3.63, 3.8) is 0 Å². The minimum atomic E-state index is -1.09. The van der Waals surface area contributed by atoms with Crippen LogP contribution in [-0.2, 0) is 4.79 Å². The Morgan fingerprint density at radius 1 is 1.47 bits per heavy atom. The second-order valence-electron chi connectivity index (χ2n) is 3.29. The number of nitrogens with one attached hydrogen (secondary N) is 1. The van der Waals surface area contributed by atoms with Gasteiger partial charge in [-0.25, -0.2) is 4.79 Å². The number of halogens is 1. The third-order valence-electron chi connectivity index (χ3n) is 2.02. The average Bonchev–Trinajstić information content (AvgIpc) is 2.26. The Morgan fingerprint density at radius 3 is 2.71 bits per heavy atom. The maximum atomic E-state index is 11.4. The van der Waals surface area contributed by atoms with Crippen LogP contribution in [0.25, 0.3) is 0 Å². The lowest BCUT2D eigenvalue weighted by molar-refractivity contribution is -0.115. The molecule has 0 spiro atoms. The zero-order valence-corrected chi connectivity index (χ0v) is 10.8. The van der Waals surface area contributed by atoms with Gasteiger partial charge in [0.25, 0.3) is 0 Å². The first-order chi connectivity index (χ1) is 8.04. The minimum absolute atomic E-state index is 0.0220. The number of anilines is 1. The molecule has 17 heavy (non-hydrogen) atoms. The topological polar surface area (TPSA) is 66.4 Å². The second kappa shape index (κ2) is 6.51. The van der Waals surface area contributed by atoms with Crippen LogP contribution < -0.4 is 5.32 Å². The molecule has 0 heterocycles. The fourth-order valence-electron chi connectivity index (χ4n) is 1.18. The number of carboxylic acid groups (broad SMARTS) is 1. The van der Waals surface area contributed by atoms with E-state index in [4.69, 9.17) is 16.7 Å². The van der Waals surface area contributed by atoms with Crippen LogP contribution in [0.3, 0.4) is 0 Å². The zero-order chi connectivity index (χ0) is 12.8. The summed E-state index contributed by atoms with van der Waals surface area (Å²) in [5, 5.41) is 11.5. The predicted octanol–water partition coefficient (Wildman–Crippen LogP) is 2.73. The molecule has 0 unspecified atom stereocenters. The van der Waals surface area contributed by atoms with Crippen molar-refractivity contribution >= 4 is 40.9 Å². The predicted molar refractivity (Wildman–Crippen MR) is 70.0 cm³/mol. The van der Waals surface area contributed by atoms with E-state index in [1.807, 2.05) is 6.26 Å². The summed E-state index contributed by atoms with van der Waals surface area (Å²) >= 11 is 7.36. The second-order valence-corrected chi connectivity index (χ2v) is 4.68. The zero-order valence-electron chi connectivity index (χ0n) is 9.20. The monoisotopic (exact) mass is 273 g/mol. The Hall–Kier alpha value is -1.20. The lowest BCUT2D eigenvalue weighted by Gasteiger charge is -2.06. The van der Waals surface area contributed by atoms with Crippen molar-refractivity contribution in [3.05, 3.63) is 28.8 Å². The standard InChI is InChI=1S/C11H12ClNO3S/c1-17-5-4-10(14)13-7-2-3-8(11(15)16)9(12)6-7/h2-3,6H,4-5H2,1H3,(H,13,14)(H,15,16). The van der Waals surface area contributed by atoms with Crippen molar-refractivity contribution in [1.29, 1.82) is 0 Å². The van der Waals surface area contributed by atoms with Crippen molar-refractivity contribution < 1.29 is 14.7 Å². The SMILES string of the molecule is CSCCC(=O)Nc1ccc(C(=O)O)c(Cl)c1. The maximum absolute atomic E-state index is 11.4. The molecule has 0 aliphatic rings. The molecule has 1 aromatic rings. The van der Waals surface area contributed by atoms with Crippen LogP contribution in [0, 0.1) is 0 Å². The molecule has 0 fully saturated rings. The summed E-state index contributed by atoms with van der Waals surface area (Å²) in [6, 6.07) is 4.32. The number of carbonyl (C=O) groups excluding carboxylic acids is 1. The lowest BCUT2D eigenvalue weighted by Crippen LogP contribution is -2.12. The minimum Gasteiger partial charge on any atom is -0.478 e. The van der Waals surface area contributed by atoms with Gasteiger partial charge < -0.3 is 10.4 Å². The smallest absolute Gasteiger partial charge is 0.337 e. The van der Waals surface area contributed by atoms with E-state index < -0.39 is 5.97 Å². The molecule has 0 bridgehead atoms. The van der Waals surface area contributed by atoms with Gasteiger partial charge in [-0.1, -0.05) is 11.6 Å². The highest BCUT2D eigenvalue weighted by Crippen LogP contribution is 2.21. The highest BCUT2D eigenvalue weighted by atomic mass is 35.5.